The van der Waals surface area contributed by atoms with E-state index in [2.05, 4.69) is 25.7 Å². The Labute approximate surface area is 162 Å². The number of nitrogens with one attached hydrogen (secondary N) is 3. The lowest BCUT2D eigenvalue weighted by Gasteiger charge is -2.15. The molecule has 2 heterocycles. The van der Waals surface area contributed by atoms with Crippen LogP contribution in [0, 0.1) is 13.8 Å². The second-order valence-corrected chi connectivity index (χ2v) is 7.47. The van der Waals surface area contributed by atoms with Crippen LogP contribution in [0.5, 0.6) is 0 Å². The second kappa shape index (κ2) is 7.46. The highest BCUT2D eigenvalue weighted by atomic mass is 16.2. The van der Waals surface area contributed by atoms with Crippen LogP contribution in [0.15, 0.2) is 30.6 Å². The van der Waals surface area contributed by atoms with Crippen molar-refractivity contribution in [1.29, 1.82) is 0 Å². The standard InChI is InChI=1S/C20H24N6O2/c1-12-7-13(2)26(25-12)10-19(27)23-15-4-5-16(9-15)24-20(28)14-3-6-17-18(8-14)22-11-21-17/h3,6-8,11,15-16H,4-5,9-10H2,1-2H3,(H,21,22)(H,23,27)(H,24,28)/t15-,16+/m1/s1. The number of carbonyl (C=O) groups excluding carboxylic acids is 2. The van der Waals surface area contributed by atoms with Gasteiger partial charge < -0.3 is 15.6 Å². The van der Waals surface area contributed by atoms with Crippen molar-refractivity contribution < 1.29 is 9.59 Å². The van der Waals surface area contributed by atoms with Gasteiger partial charge in [-0.3, -0.25) is 14.3 Å². The van der Waals surface area contributed by atoms with Crippen LogP contribution in [0.4, 0.5) is 0 Å². The molecule has 1 aliphatic carbocycles. The summed E-state index contributed by atoms with van der Waals surface area (Å²) in [7, 11) is 0. The van der Waals surface area contributed by atoms with E-state index in [4.69, 9.17) is 0 Å². The van der Waals surface area contributed by atoms with Crippen molar-refractivity contribution in [2.24, 2.45) is 0 Å². The molecule has 146 valence electrons. The number of aromatic amines is 1. The smallest absolute Gasteiger partial charge is 0.251 e. The van der Waals surface area contributed by atoms with Crippen molar-refractivity contribution in [3.05, 3.63) is 47.5 Å². The van der Waals surface area contributed by atoms with Gasteiger partial charge in [-0.2, -0.15) is 5.10 Å². The number of rotatable bonds is 5. The molecule has 0 bridgehead atoms. The zero-order valence-corrected chi connectivity index (χ0v) is 16.0. The van der Waals surface area contributed by atoms with Gasteiger partial charge in [-0.25, -0.2) is 4.98 Å². The molecule has 2 atom stereocenters. The minimum absolute atomic E-state index is 0.0483. The van der Waals surface area contributed by atoms with Crippen LogP contribution in [0.25, 0.3) is 11.0 Å². The molecule has 3 N–H and O–H groups in total. The van der Waals surface area contributed by atoms with Gasteiger partial charge in [0.1, 0.15) is 6.54 Å². The van der Waals surface area contributed by atoms with E-state index in [1.54, 1.807) is 23.1 Å². The molecule has 8 nitrogen and oxygen atoms in total. The first kappa shape index (κ1) is 18.2. The van der Waals surface area contributed by atoms with Crippen LogP contribution in [0.3, 0.4) is 0 Å². The van der Waals surface area contributed by atoms with Gasteiger partial charge in [0.25, 0.3) is 5.91 Å². The number of H-pyrrole nitrogens is 1. The third-order valence-electron chi connectivity index (χ3n) is 5.21. The Hall–Kier alpha value is -3.16. The predicted octanol–water partition coefficient (Wildman–Crippen LogP) is 1.84. The number of nitrogens with zero attached hydrogens (tertiary/aromatic N) is 3. The van der Waals surface area contributed by atoms with E-state index in [1.807, 2.05) is 26.0 Å². The fourth-order valence-electron chi connectivity index (χ4n) is 3.83. The maximum absolute atomic E-state index is 12.5. The Morgan fingerprint density at radius 3 is 2.71 bits per heavy atom. The Balaban J connectivity index is 1.29. The third-order valence-corrected chi connectivity index (χ3v) is 5.21. The van der Waals surface area contributed by atoms with Crippen molar-refractivity contribution in [3.8, 4) is 0 Å². The van der Waals surface area contributed by atoms with Gasteiger partial charge in [-0.05, 0) is 57.4 Å². The summed E-state index contributed by atoms with van der Waals surface area (Å²) in [5.74, 6) is -0.149. The van der Waals surface area contributed by atoms with Gasteiger partial charge in [-0.1, -0.05) is 0 Å². The van der Waals surface area contributed by atoms with Crippen molar-refractivity contribution in [2.75, 3.05) is 0 Å². The quantitative estimate of drug-likeness (QED) is 0.628. The number of benzene rings is 1. The molecule has 1 aromatic carbocycles. The first-order chi connectivity index (χ1) is 13.5. The molecule has 8 heteroatoms. The number of imidazole rings is 1. The van der Waals surface area contributed by atoms with Crippen LogP contribution < -0.4 is 10.6 Å². The van der Waals surface area contributed by atoms with Crippen LogP contribution in [-0.2, 0) is 11.3 Å². The minimum atomic E-state index is -0.101. The Morgan fingerprint density at radius 2 is 1.96 bits per heavy atom. The lowest BCUT2D eigenvalue weighted by molar-refractivity contribution is -0.122. The van der Waals surface area contributed by atoms with E-state index in [0.717, 1.165) is 41.7 Å². The molecule has 0 aliphatic heterocycles. The lowest BCUT2D eigenvalue weighted by atomic mass is 10.1. The van der Waals surface area contributed by atoms with Gasteiger partial charge in [0.05, 0.1) is 23.1 Å². The summed E-state index contributed by atoms with van der Waals surface area (Å²) in [6.45, 7) is 4.07. The van der Waals surface area contributed by atoms with Crippen LogP contribution >= 0.6 is 0 Å². The summed E-state index contributed by atoms with van der Waals surface area (Å²) in [6, 6.07) is 7.50. The zero-order valence-electron chi connectivity index (χ0n) is 16.0. The van der Waals surface area contributed by atoms with E-state index in [1.165, 1.54) is 0 Å². The largest absolute Gasteiger partial charge is 0.352 e. The highest BCUT2D eigenvalue weighted by Crippen LogP contribution is 2.20. The molecular weight excluding hydrogens is 356 g/mol. The molecule has 1 saturated carbocycles. The van der Waals surface area contributed by atoms with Gasteiger partial charge in [0.2, 0.25) is 5.91 Å². The minimum Gasteiger partial charge on any atom is -0.352 e. The molecule has 1 fully saturated rings. The number of hydrogen-bond donors (Lipinski definition) is 3. The SMILES string of the molecule is Cc1cc(C)n(CC(=O)N[C@@H]2CC[C@H](NC(=O)c3ccc4nc[nH]c4c3)C2)n1. The number of hydrogen-bond acceptors (Lipinski definition) is 4. The van der Waals surface area contributed by atoms with Crippen LogP contribution in [0.2, 0.25) is 0 Å². The Morgan fingerprint density at radius 1 is 1.18 bits per heavy atom. The number of aryl methyl sites for hydroxylation is 2. The Kier molecular flexibility index (Phi) is 4.85. The topological polar surface area (TPSA) is 105 Å². The van der Waals surface area contributed by atoms with Crippen LogP contribution in [0.1, 0.15) is 41.0 Å². The summed E-state index contributed by atoms with van der Waals surface area (Å²) in [5, 5.41) is 10.5. The van der Waals surface area contributed by atoms with E-state index in [9.17, 15) is 9.59 Å². The third kappa shape index (κ3) is 3.90. The van der Waals surface area contributed by atoms with E-state index in [0.29, 0.717) is 5.56 Å². The molecule has 0 spiro atoms. The molecule has 2 aromatic heterocycles. The first-order valence-electron chi connectivity index (χ1n) is 9.52. The molecule has 3 aromatic rings. The average molecular weight is 380 g/mol. The summed E-state index contributed by atoms with van der Waals surface area (Å²) in [5.41, 5.74) is 4.16. The summed E-state index contributed by atoms with van der Waals surface area (Å²) in [6.07, 6.45) is 4.06. The number of carbonyl (C=O) groups is 2. The van der Waals surface area contributed by atoms with Crippen molar-refractivity contribution >= 4 is 22.8 Å². The zero-order chi connectivity index (χ0) is 19.7. The van der Waals surface area contributed by atoms with Gasteiger partial charge in [0.15, 0.2) is 0 Å². The summed E-state index contributed by atoms with van der Waals surface area (Å²) < 4.78 is 1.71. The average Bonchev–Trinajstić information content (AvgIpc) is 3.35. The van der Waals surface area contributed by atoms with Crippen molar-refractivity contribution in [1.82, 2.24) is 30.4 Å². The van der Waals surface area contributed by atoms with Crippen LogP contribution in [-0.4, -0.2) is 43.6 Å². The number of amides is 2. The fraction of sp³-hybridized carbons (Fsp3) is 0.400. The lowest BCUT2D eigenvalue weighted by Crippen LogP contribution is -2.38. The maximum atomic E-state index is 12.5. The molecule has 2 amide bonds. The maximum Gasteiger partial charge on any atom is 0.251 e. The molecule has 0 unspecified atom stereocenters. The molecular formula is C20H24N6O2. The monoisotopic (exact) mass is 380 g/mol. The number of fused-ring (bicyclic) bond motifs is 1. The van der Waals surface area contributed by atoms with Gasteiger partial charge >= 0.3 is 0 Å². The van der Waals surface area contributed by atoms with E-state index in [-0.39, 0.29) is 30.4 Å². The van der Waals surface area contributed by atoms with Gasteiger partial charge in [0, 0.05) is 23.3 Å². The molecule has 0 radical (unpaired) electrons. The Bertz CT molecular complexity index is 1020. The first-order valence-corrected chi connectivity index (χ1v) is 9.52. The van der Waals surface area contributed by atoms with Crippen molar-refractivity contribution in [2.45, 2.75) is 51.7 Å². The van der Waals surface area contributed by atoms with E-state index >= 15 is 0 Å². The number of aromatic nitrogens is 4. The molecule has 4 rings (SSSR count). The molecule has 1 aliphatic rings. The molecule has 0 saturated heterocycles. The summed E-state index contributed by atoms with van der Waals surface area (Å²) in [4.78, 5) is 32.0. The van der Waals surface area contributed by atoms with Crippen molar-refractivity contribution in [3.63, 3.8) is 0 Å². The molecule has 28 heavy (non-hydrogen) atoms. The van der Waals surface area contributed by atoms with Gasteiger partial charge in [-0.15, -0.1) is 0 Å². The fourth-order valence-corrected chi connectivity index (χ4v) is 3.83. The predicted molar refractivity (Wildman–Crippen MR) is 105 cm³/mol. The summed E-state index contributed by atoms with van der Waals surface area (Å²) >= 11 is 0. The second-order valence-electron chi connectivity index (χ2n) is 7.47. The van der Waals surface area contributed by atoms with E-state index < -0.39 is 0 Å². The normalized spacial score (nSPS) is 19.1. The highest BCUT2D eigenvalue weighted by Gasteiger charge is 2.27. The highest BCUT2D eigenvalue weighted by molar-refractivity contribution is 5.97.